The molecule has 0 bridgehead atoms. The summed E-state index contributed by atoms with van der Waals surface area (Å²) in [6.45, 7) is 20.3. The summed E-state index contributed by atoms with van der Waals surface area (Å²) >= 11 is 0. The average molecular weight is 225 g/mol. The van der Waals surface area contributed by atoms with Crippen LogP contribution in [-0.4, -0.2) is 11.3 Å². The van der Waals surface area contributed by atoms with E-state index in [2.05, 4.69) is 62.3 Å². The molecule has 0 atom stereocenters. The zero-order chi connectivity index (χ0) is 13.2. The van der Waals surface area contributed by atoms with Crippen LogP contribution in [0.5, 0.6) is 0 Å². The van der Waals surface area contributed by atoms with Gasteiger partial charge in [-0.3, -0.25) is 4.99 Å². The zero-order valence-corrected chi connectivity index (χ0v) is 12.9. The van der Waals surface area contributed by atoms with E-state index >= 15 is 0 Å². The summed E-state index contributed by atoms with van der Waals surface area (Å²) in [5.41, 5.74) is 1.76. The monoisotopic (exact) mass is 225 g/mol. The van der Waals surface area contributed by atoms with Crippen molar-refractivity contribution in [3.8, 4) is 0 Å². The van der Waals surface area contributed by atoms with Crippen LogP contribution in [-0.2, 0) is 0 Å². The summed E-state index contributed by atoms with van der Waals surface area (Å²) in [5, 5.41) is 0. The summed E-state index contributed by atoms with van der Waals surface area (Å²) in [5.74, 6) is 0. The maximum absolute atomic E-state index is 5.10. The normalized spacial score (nSPS) is 13.8. The molecule has 0 amide bonds. The van der Waals surface area contributed by atoms with Crippen molar-refractivity contribution in [1.29, 1.82) is 0 Å². The van der Waals surface area contributed by atoms with Gasteiger partial charge >= 0.3 is 0 Å². The molecule has 0 N–H and O–H groups in total. The highest BCUT2D eigenvalue weighted by Crippen LogP contribution is 2.33. The Bertz CT molecular complexity index is 228. The first kappa shape index (κ1) is 15.7. The maximum atomic E-state index is 5.10. The first-order chi connectivity index (χ1) is 6.96. The van der Waals surface area contributed by atoms with Gasteiger partial charge in [0.2, 0.25) is 0 Å². The number of hydrogen-bond donors (Lipinski definition) is 0. The van der Waals surface area contributed by atoms with Crippen LogP contribution in [0.2, 0.25) is 0 Å². The Balaban J connectivity index is 5.45. The SMILES string of the molecule is CCC(C)(CC)N=C(C(C)(C)C)C(C)(C)C. The molecule has 0 unspecified atom stereocenters. The number of nitrogens with zero attached hydrogens (tertiary/aromatic N) is 1. The second-order valence-electron chi connectivity index (χ2n) is 7.16. The first-order valence-corrected chi connectivity index (χ1v) is 6.57. The summed E-state index contributed by atoms with van der Waals surface area (Å²) in [4.78, 5) is 5.10. The molecule has 16 heavy (non-hydrogen) atoms. The molecular formula is C15H31N. The third kappa shape index (κ3) is 4.27. The number of aliphatic imine (C=N–C) groups is 1. The molecule has 0 saturated heterocycles. The Morgan fingerprint density at radius 3 is 1.25 bits per heavy atom. The minimum atomic E-state index is 0.107. The third-order valence-electron chi connectivity index (χ3n) is 3.33. The third-order valence-corrected chi connectivity index (χ3v) is 3.33. The van der Waals surface area contributed by atoms with Gasteiger partial charge in [-0.05, 0) is 19.8 Å². The second-order valence-corrected chi connectivity index (χ2v) is 7.16. The van der Waals surface area contributed by atoms with Gasteiger partial charge in [-0.1, -0.05) is 55.4 Å². The van der Waals surface area contributed by atoms with E-state index in [9.17, 15) is 0 Å². The summed E-state index contributed by atoms with van der Waals surface area (Å²) in [6, 6.07) is 0. The highest BCUT2D eigenvalue weighted by molar-refractivity contribution is 5.94. The molecule has 1 heteroatoms. The maximum Gasteiger partial charge on any atom is 0.0574 e. The van der Waals surface area contributed by atoms with E-state index in [0.29, 0.717) is 0 Å². The molecule has 0 rings (SSSR count). The quantitative estimate of drug-likeness (QED) is 0.593. The molecule has 0 heterocycles. The van der Waals surface area contributed by atoms with Crippen molar-refractivity contribution in [3.05, 3.63) is 0 Å². The van der Waals surface area contributed by atoms with Crippen molar-refractivity contribution < 1.29 is 0 Å². The lowest BCUT2D eigenvalue weighted by atomic mass is 9.74. The fraction of sp³-hybridized carbons (Fsp3) is 0.933. The fourth-order valence-electron chi connectivity index (χ4n) is 2.14. The van der Waals surface area contributed by atoms with Crippen molar-refractivity contribution in [2.75, 3.05) is 0 Å². The fourth-order valence-corrected chi connectivity index (χ4v) is 2.14. The molecule has 0 radical (unpaired) electrons. The van der Waals surface area contributed by atoms with Gasteiger partial charge in [-0.15, -0.1) is 0 Å². The predicted molar refractivity (Wildman–Crippen MR) is 75.3 cm³/mol. The average Bonchev–Trinajstić information content (AvgIpc) is 2.10. The van der Waals surface area contributed by atoms with Crippen LogP contribution in [0.25, 0.3) is 0 Å². The Morgan fingerprint density at radius 1 is 0.750 bits per heavy atom. The smallest absolute Gasteiger partial charge is 0.0574 e. The highest BCUT2D eigenvalue weighted by atomic mass is 14.9. The van der Waals surface area contributed by atoms with E-state index in [1.165, 1.54) is 5.71 Å². The summed E-state index contributed by atoms with van der Waals surface area (Å²) in [7, 11) is 0. The molecule has 0 aliphatic heterocycles. The van der Waals surface area contributed by atoms with Crippen LogP contribution in [0.15, 0.2) is 4.99 Å². The standard InChI is InChI=1S/C15H31N/c1-10-15(9,11-2)16-12(13(3,4)5)14(6,7)8/h10-11H2,1-9H3. The van der Waals surface area contributed by atoms with Gasteiger partial charge in [0.25, 0.3) is 0 Å². The lowest BCUT2D eigenvalue weighted by molar-refractivity contribution is 0.406. The molecule has 0 aromatic heterocycles. The van der Waals surface area contributed by atoms with Gasteiger partial charge in [0.15, 0.2) is 0 Å². The molecule has 96 valence electrons. The zero-order valence-electron chi connectivity index (χ0n) is 12.9. The van der Waals surface area contributed by atoms with E-state index in [1.54, 1.807) is 0 Å². The molecule has 1 nitrogen and oxygen atoms in total. The van der Waals surface area contributed by atoms with Crippen LogP contribution < -0.4 is 0 Å². The van der Waals surface area contributed by atoms with Crippen molar-refractivity contribution in [2.45, 2.75) is 80.7 Å². The minimum Gasteiger partial charge on any atom is -0.287 e. The number of hydrogen-bond acceptors (Lipinski definition) is 1. The van der Waals surface area contributed by atoms with Gasteiger partial charge in [0.1, 0.15) is 0 Å². The van der Waals surface area contributed by atoms with Crippen LogP contribution in [0.3, 0.4) is 0 Å². The van der Waals surface area contributed by atoms with Crippen molar-refractivity contribution in [1.82, 2.24) is 0 Å². The molecule has 0 saturated carbocycles. The predicted octanol–water partition coefficient (Wildman–Crippen LogP) is 5.10. The summed E-state index contributed by atoms with van der Waals surface area (Å²) < 4.78 is 0. The second kappa shape index (κ2) is 4.89. The van der Waals surface area contributed by atoms with Gasteiger partial charge in [-0.25, -0.2) is 0 Å². The van der Waals surface area contributed by atoms with Crippen LogP contribution >= 0.6 is 0 Å². The lowest BCUT2D eigenvalue weighted by Gasteiger charge is -2.36. The lowest BCUT2D eigenvalue weighted by Crippen LogP contribution is -2.36. The van der Waals surface area contributed by atoms with Gasteiger partial charge in [-0.2, -0.15) is 0 Å². The van der Waals surface area contributed by atoms with Gasteiger partial charge in [0.05, 0.1) is 5.54 Å². The largest absolute Gasteiger partial charge is 0.287 e. The molecular weight excluding hydrogens is 194 g/mol. The molecule has 0 aliphatic carbocycles. The Kier molecular flexibility index (Phi) is 4.79. The summed E-state index contributed by atoms with van der Waals surface area (Å²) in [6.07, 6.45) is 2.22. The van der Waals surface area contributed by atoms with Gasteiger partial charge < -0.3 is 0 Å². The molecule has 0 aliphatic rings. The van der Waals surface area contributed by atoms with E-state index in [1.807, 2.05) is 0 Å². The van der Waals surface area contributed by atoms with E-state index in [4.69, 9.17) is 4.99 Å². The van der Waals surface area contributed by atoms with E-state index < -0.39 is 0 Å². The van der Waals surface area contributed by atoms with Crippen LogP contribution in [0, 0.1) is 10.8 Å². The minimum absolute atomic E-state index is 0.107. The Morgan fingerprint density at radius 2 is 1.06 bits per heavy atom. The van der Waals surface area contributed by atoms with Crippen LogP contribution in [0.1, 0.15) is 75.2 Å². The van der Waals surface area contributed by atoms with Crippen molar-refractivity contribution in [2.24, 2.45) is 15.8 Å². The van der Waals surface area contributed by atoms with Gasteiger partial charge in [0, 0.05) is 16.5 Å². The Hall–Kier alpha value is -0.330. The van der Waals surface area contributed by atoms with E-state index in [0.717, 1.165) is 12.8 Å². The van der Waals surface area contributed by atoms with Crippen molar-refractivity contribution in [3.63, 3.8) is 0 Å². The number of rotatable bonds is 3. The first-order valence-electron chi connectivity index (χ1n) is 6.57. The molecule has 0 spiro atoms. The highest BCUT2D eigenvalue weighted by Gasteiger charge is 2.32. The Labute approximate surface area is 103 Å². The van der Waals surface area contributed by atoms with Crippen molar-refractivity contribution >= 4 is 5.71 Å². The van der Waals surface area contributed by atoms with E-state index in [-0.39, 0.29) is 16.4 Å². The topological polar surface area (TPSA) is 12.4 Å². The van der Waals surface area contributed by atoms with Crippen LogP contribution in [0.4, 0.5) is 0 Å². The molecule has 0 aromatic rings. The molecule has 0 aromatic carbocycles. The molecule has 0 fully saturated rings.